The number of carbonyl (C=O) groups is 1. The Labute approximate surface area is 176 Å². The summed E-state index contributed by atoms with van der Waals surface area (Å²) in [6.45, 7) is 3.93. The molecule has 1 spiro atoms. The molecular weight excluding hydrogens is 416 g/mol. The zero-order valence-corrected chi connectivity index (χ0v) is 16.7. The number of amides is 2. The Bertz CT molecular complexity index is 965. The number of benzene rings is 1. The number of nitrogens with zero attached hydrogens (tertiary/aromatic N) is 5. The third-order valence-corrected chi connectivity index (χ3v) is 6.54. The summed E-state index contributed by atoms with van der Waals surface area (Å²) in [6.07, 6.45) is -2.04. The minimum atomic E-state index is -4.58. The summed E-state index contributed by atoms with van der Waals surface area (Å²) in [5.41, 5.74) is 0.0481. The molecule has 0 radical (unpaired) electrons. The van der Waals surface area contributed by atoms with Crippen LogP contribution in [0.5, 0.6) is 0 Å². The second-order valence-corrected chi connectivity index (χ2v) is 8.93. The molecule has 3 aliphatic rings. The van der Waals surface area contributed by atoms with E-state index in [1.54, 1.807) is 6.20 Å². The van der Waals surface area contributed by atoms with E-state index < -0.39 is 17.6 Å². The van der Waals surface area contributed by atoms with Gasteiger partial charge in [0.25, 0.3) is 0 Å². The van der Waals surface area contributed by atoms with Crippen LogP contribution in [0.1, 0.15) is 29.2 Å². The van der Waals surface area contributed by atoms with Gasteiger partial charge >= 0.3 is 12.2 Å². The minimum absolute atomic E-state index is 0.0111. The van der Waals surface area contributed by atoms with Crippen molar-refractivity contribution >= 4 is 6.03 Å². The van der Waals surface area contributed by atoms with Crippen LogP contribution in [0.4, 0.5) is 22.4 Å². The number of nitrogens with one attached hydrogen (secondary N) is 1. The number of aromatic nitrogens is 3. The quantitative estimate of drug-likeness (QED) is 0.749. The number of carbonyl (C=O) groups excluding carboxylic acids is 1. The van der Waals surface area contributed by atoms with Gasteiger partial charge in [-0.1, -0.05) is 11.3 Å². The number of urea groups is 1. The molecule has 2 aromatic rings. The van der Waals surface area contributed by atoms with Crippen molar-refractivity contribution in [2.24, 2.45) is 5.41 Å². The van der Waals surface area contributed by atoms with Gasteiger partial charge in [0.2, 0.25) is 0 Å². The molecule has 0 unspecified atom stereocenters. The van der Waals surface area contributed by atoms with Gasteiger partial charge in [-0.15, -0.1) is 5.10 Å². The fourth-order valence-electron chi connectivity index (χ4n) is 5.10. The molecule has 3 saturated heterocycles. The first-order valence-electron chi connectivity index (χ1n) is 10.2. The number of hydrogen-bond acceptors (Lipinski definition) is 4. The number of rotatable bonds is 3. The molecule has 0 saturated carbocycles. The largest absolute Gasteiger partial charge is 0.416 e. The number of aromatic amines is 1. The number of H-pyrrole nitrogens is 1. The highest BCUT2D eigenvalue weighted by atomic mass is 19.4. The molecule has 1 atom stereocenters. The van der Waals surface area contributed by atoms with E-state index in [0.29, 0.717) is 45.3 Å². The number of alkyl halides is 3. The molecule has 1 N–H and O–H groups in total. The molecule has 11 heteroatoms. The first-order chi connectivity index (χ1) is 14.7. The van der Waals surface area contributed by atoms with Crippen LogP contribution in [0.3, 0.4) is 0 Å². The second kappa shape index (κ2) is 7.18. The molecule has 2 amide bonds. The Morgan fingerprint density at radius 1 is 1.19 bits per heavy atom. The number of hydrogen-bond donors (Lipinski definition) is 1. The lowest BCUT2D eigenvalue weighted by Gasteiger charge is -2.60. The first-order valence-corrected chi connectivity index (χ1v) is 10.2. The van der Waals surface area contributed by atoms with Crippen LogP contribution >= 0.6 is 0 Å². The van der Waals surface area contributed by atoms with Crippen LogP contribution in [0, 0.1) is 11.2 Å². The SMILES string of the molecule is O=C(N1CC[C@H](c2cnn[nH]2)C1)N1CC2(CN(Cc3ccc(F)cc3C(F)(F)F)C2)C1. The van der Waals surface area contributed by atoms with Gasteiger partial charge in [0.05, 0.1) is 17.5 Å². The van der Waals surface area contributed by atoms with Gasteiger partial charge in [0, 0.05) is 57.1 Å². The van der Waals surface area contributed by atoms with E-state index in [4.69, 9.17) is 0 Å². The summed E-state index contributed by atoms with van der Waals surface area (Å²) in [5, 5.41) is 10.4. The molecule has 1 aromatic carbocycles. The fraction of sp³-hybridized carbons (Fsp3) is 0.550. The Morgan fingerprint density at radius 3 is 2.65 bits per heavy atom. The predicted octanol–water partition coefficient (Wildman–Crippen LogP) is 2.69. The highest BCUT2D eigenvalue weighted by Crippen LogP contribution is 2.42. The van der Waals surface area contributed by atoms with Gasteiger partial charge < -0.3 is 9.80 Å². The Morgan fingerprint density at radius 2 is 1.97 bits per heavy atom. The van der Waals surface area contributed by atoms with Gasteiger partial charge in [-0.25, -0.2) is 9.18 Å². The van der Waals surface area contributed by atoms with Crippen LogP contribution in [-0.4, -0.2) is 75.4 Å². The lowest BCUT2D eigenvalue weighted by Crippen LogP contribution is -2.73. The molecule has 3 fully saturated rings. The summed E-state index contributed by atoms with van der Waals surface area (Å²) in [4.78, 5) is 18.3. The molecule has 0 bridgehead atoms. The smallest absolute Gasteiger partial charge is 0.324 e. The van der Waals surface area contributed by atoms with E-state index in [1.165, 1.54) is 6.07 Å². The Hall–Kier alpha value is -2.69. The average Bonchev–Trinajstić information content (AvgIpc) is 3.33. The third kappa shape index (κ3) is 3.75. The van der Waals surface area contributed by atoms with Crippen molar-refractivity contribution in [3.8, 4) is 0 Å². The zero-order valence-electron chi connectivity index (χ0n) is 16.7. The van der Waals surface area contributed by atoms with Crippen molar-refractivity contribution in [3.05, 3.63) is 47.0 Å². The maximum absolute atomic E-state index is 13.3. The summed E-state index contributed by atoms with van der Waals surface area (Å²) in [5.74, 6) is -0.677. The van der Waals surface area contributed by atoms with Gasteiger partial charge in [-0.05, 0) is 24.1 Å². The Balaban J connectivity index is 1.13. The lowest BCUT2D eigenvalue weighted by molar-refractivity contribution is -0.140. The monoisotopic (exact) mass is 438 g/mol. The predicted molar refractivity (Wildman–Crippen MR) is 101 cm³/mol. The Kier molecular flexibility index (Phi) is 4.68. The summed E-state index contributed by atoms with van der Waals surface area (Å²) in [7, 11) is 0. The van der Waals surface area contributed by atoms with E-state index in [9.17, 15) is 22.4 Å². The van der Waals surface area contributed by atoms with Crippen LogP contribution in [-0.2, 0) is 12.7 Å². The average molecular weight is 438 g/mol. The third-order valence-electron chi connectivity index (χ3n) is 6.54. The van der Waals surface area contributed by atoms with Crippen molar-refractivity contribution in [2.75, 3.05) is 39.3 Å². The molecule has 0 aliphatic carbocycles. The van der Waals surface area contributed by atoms with E-state index in [2.05, 4.69) is 15.4 Å². The molecule has 31 heavy (non-hydrogen) atoms. The van der Waals surface area contributed by atoms with Crippen molar-refractivity contribution in [1.29, 1.82) is 0 Å². The molecular formula is C20H22F4N6O. The molecule has 166 valence electrons. The number of likely N-dealkylation sites (tertiary alicyclic amines) is 3. The van der Waals surface area contributed by atoms with Crippen molar-refractivity contribution in [1.82, 2.24) is 30.1 Å². The maximum Gasteiger partial charge on any atom is 0.416 e. The van der Waals surface area contributed by atoms with Crippen LogP contribution in [0.2, 0.25) is 0 Å². The minimum Gasteiger partial charge on any atom is -0.324 e. The summed E-state index contributed by atoms with van der Waals surface area (Å²) >= 11 is 0. The highest BCUT2D eigenvalue weighted by molar-refractivity contribution is 5.76. The normalized spacial score (nSPS) is 23.2. The fourth-order valence-corrected chi connectivity index (χ4v) is 5.10. The summed E-state index contributed by atoms with van der Waals surface area (Å²) in [6, 6.07) is 2.83. The van der Waals surface area contributed by atoms with Crippen molar-refractivity contribution in [2.45, 2.75) is 25.1 Å². The van der Waals surface area contributed by atoms with Crippen molar-refractivity contribution < 1.29 is 22.4 Å². The first kappa shape index (κ1) is 20.2. The lowest BCUT2D eigenvalue weighted by atomic mass is 9.72. The van der Waals surface area contributed by atoms with E-state index in [-0.39, 0.29) is 29.5 Å². The van der Waals surface area contributed by atoms with E-state index >= 15 is 0 Å². The van der Waals surface area contributed by atoms with E-state index in [0.717, 1.165) is 18.2 Å². The van der Waals surface area contributed by atoms with Gasteiger partial charge in [-0.2, -0.15) is 13.2 Å². The zero-order chi connectivity index (χ0) is 21.8. The molecule has 5 rings (SSSR count). The van der Waals surface area contributed by atoms with Gasteiger partial charge in [-0.3, -0.25) is 10.00 Å². The maximum atomic E-state index is 13.3. The standard InChI is InChI=1S/C20H22F4N6O/c21-15-2-1-13(16(5-15)20(22,23)24)7-28-9-19(10-28)11-30(12-19)18(31)29-4-3-14(8-29)17-6-25-27-26-17/h1-2,5-6,14H,3-4,7-12H2,(H,25,26,27)/t14-/m0/s1. The van der Waals surface area contributed by atoms with Crippen LogP contribution < -0.4 is 0 Å². The topological polar surface area (TPSA) is 68.4 Å². The van der Waals surface area contributed by atoms with Gasteiger partial charge in [0.15, 0.2) is 0 Å². The molecule has 7 nitrogen and oxygen atoms in total. The number of halogens is 4. The molecule has 3 aliphatic heterocycles. The van der Waals surface area contributed by atoms with E-state index in [1.807, 2.05) is 14.7 Å². The molecule has 1 aromatic heterocycles. The molecule has 4 heterocycles. The van der Waals surface area contributed by atoms with Crippen molar-refractivity contribution in [3.63, 3.8) is 0 Å². The highest BCUT2D eigenvalue weighted by Gasteiger charge is 2.54. The second-order valence-electron chi connectivity index (χ2n) is 8.93. The van der Waals surface area contributed by atoms with Gasteiger partial charge in [0.1, 0.15) is 5.82 Å². The van der Waals surface area contributed by atoms with Crippen LogP contribution in [0.15, 0.2) is 24.4 Å². The summed E-state index contributed by atoms with van der Waals surface area (Å²) < 4.78 is 52.9. The van der Waals surface area contributed by atoms with Crippen LogP contribution in [0.25, 0.3) is 0 Å².